The normalized spacial score (nSPS) is 11.1. The van der Waals surface area contributed by atoms with Gasteiger partial charge in [-0.3, -0.25) is 0 Å². The Labute approximate surface area is 94.6 Å². The first kappa shape index (κ1) is 11.6. The number of rotatable bonds is 3. The molecule has 78 valence electrons. The molecule has 0 fully saturated rings. The number of ether oxygens (including phenoxy) is 1. The van der Waals surface area contributed by atoms with Gasteiger partial charge in [-0.05, 0) is 53.4 Å². The quantitative estimate of drug-likeness (QED) is 0.781. The van der Waals surface area contributed by atoms with Crippen LogP contribution in [-0.4, -0.2) is 6.10 Å². The topological polar surface area (TPSA) is 9.23 Å². The molecule has 1 rings (SSSR count). The molecule has 0 bridgehead atoms. The molecule has 0 N–H and O–H groups in total. The van der Waals surface area contributed by atoms with Crippen molar-refractivity contribution in [1.82, 2.24) is 0 Å². The van der Waals surface area contributed by atoms with Gasteiger partial charge in [0, 0.05) is 0 Å². The Morgan fingerprint density at radius 2 is 1.79 bits per heavy atom. The van der Waals surface area contributed by atoms with E-state index in [-0.39, 0.29) is 6.10 Å². The monoisotopic (exact) mass is 256 g/mol. The van der Waals surface area contributed by atoms with E-state index in [0.29, 0.717) is 5.92 Å². The molecule has 0 radical (unpaired) electrons. The van der Waals surface area contributed by atoms with E-state index in [2.05, 4.69) is 41.9 Å². The van der Waals surface area contributed by atoms with Gasteiger partial charge in [0.15, 0.2) is 0 Å². The molecule has 2 heteroatoms. The Morgan fingerprint density at radius 1 is 1.14 bits per heavy atom. The Kier molecular flexibility index (Phi) is 3.99. The van der Waals surface area contributed by atoms with Gasteiger partial charge in [0.05, 0.1) is 10.6 Å². The second-order valence-electron chi connectivity index (χ2n) is 4.01. The fourth-order valence-corrected chi connectivity index (χ4v) is 1.72. The van der Waals surface area contributed by atoms with Crippen LogP contribution in [0, 0.1) is 0 Å². The zero-order chi connectivity index (χ0) is 10.7. The summed E-state index contributed by atoms with van der Waals surface area (Å²) in [4.78, 5) is 0. The minimum absolute atomic E-state index is 0.219. The van der Waals surface area contributed by atoms with Crippen molar-refractivity contribution in [3.8, 4) is 5.75 Å². The highest BCUT2D eigenvalue weighted by molar-refractivity contribution is 9.10. The molecule has 0 aromatic heterocycles. The molecule has 0 saturated carbocycles. The van der Waals surface area contributed by atoms with E-state index in [1.54, 1.807) is 0 Å². The summed E-state index contributed by atoms with van der Waals surface area (Å²) in [6, 6.07) is 6.27. The minimum atomic E-state index is 0.219. The van der Waals surface area contributed by atoms with Crippen LogP contribution in [0.25, 0.3) is 0 Å². The summed E-state index contributed by atoms with van der Waals surface area (Å²) in [5.41, 5.74) is 1.33. The number of hydrogen-bond donors (Lipinski definition) is 0. The number of hydrogen-bond acceptors (Lipinski definition) is 1. The summed E-state index contributed by atoms with van der Waals surface area (Å²) in [7, 11) is 0. The molecule has 0 spiro atoms. The summed E-state index contributed by atoms with van der Waals surface area (Å²) in [6.07, 6.45) is 0.219. The Balaban J connectivity index is 2.90. The van der Waals surface area contributed by atoms with Crippen LogP contribution in [0.2, 0.25) is 0 Å². The lowest BCUT2D eigenvalue weighted by Gasteiger charge is -2.13. The van der Waals surface area contributed by atoms with E-state index in [1.165, 1.54) is 5.56 Å². The van der Waals surface area contributed by atoms with Crippen LogP contribution in [0.3, 0.4) is 0 Å². The SMILES string of the molecule is CC(C)Oc1ccc(C(C)C)cc1Br. The first-order chi connectivity index (χ1) is 6.50. The lowest BCUT2D eigenvalue weighted by atomic mass is 10.0. The maximum atomic E-state index is 5.63. The zero-order valence-electron chi connectivity index (χ0n) is 9.17. The summed E-state index contributed by atoms with van der Waals surface area (Å²) >= 11 is 3.52. The molecule has 1 aromatic carbocycles. The molecule has 0 aliphatic heterocycles. The standard InChI is InChI=1S/C12H17BrO/c1-8(2)10-5-6-12(11(13)7-10)14-9(3)4/h5-9H,1-4H3. The van der Waals surface area contributed by atoms with E-state index in [4.69, 9.17) is 4.74 Å². The number of benzene rings is 1. The van der Waals surface area contributed by atoms with E-state index < -0.39 is 0 Å². The van der Waals surface area contributed by atoms with Crippen molar-refractivity contribution < 1.29 is 4.74 Å². The summed E-state index contributed by atoms with van der Waals surface area (Å²) in [6.45, 7) is 8.43. The lowest BCUT2D eigenvalue weighted by molar-refractivity contribution is 0.241. The molecular weight excluding hydrogens is 240 g/mol. The van der Waals surface area contributed by atoms with Crippen molar-refractivity contribution in [2.45, 2.75) is 39.7 Å². The van der Waals surface area contributed by atoms with Crippen molar-refractivity contribution >= 4 is 15.9 Å². The third kappa shape index (κ3) is 3.02. The molecule has 0 heterocycles. The van der Waals surface area contributed by atoms with Crippen molar-refractivity contribution in [2.24, 2.45) is 0 Å². The number of halogens is 1. The fourth-order valence-electron chi connectivity index (χ4n) is 1.23. The van der Waals surface area contributed by atoms with E-state index in [0.717, 1.165) is 10.2 Å². The lowest BCUT2D eigenvalue weighted by Crippen LogP contribution is -2.06. The molecule has 0 aliphatic rings. The molecule has 0 atom stereocenters. The first-order valence-corrected chi connectivity index (χ1v) is 5.76. The first-order valence-electron chi connectivity index (χ1n) is 4.96. The second kappa shape index (κ2) is 4.83. The molecule has 1 aromatic rings. The van der Waals surface area contributed by atoms with Crippen molar-refractivity contribution in [2.75, 3.05) is 0 Å². The molecule has 0 amide bonds. The van der Waals surface area contributed by atoms with Crippen molar-refractivity contribution in [3.63, 3.8) is 0 Å². The van der Waals surface area contributed by atoms with Crippen LogP contribution in [0.15, 0.2) is 22.7 Å². The highest BCUT2D eigenvalue weighted by Gasteiger charge is 2.06. The summed E-state index contributed by atoms with van der Waals surface area (Å²) in [5.74, 6) is 1.48. The smallest absolute Gasteiger partial charge is 0.133 e. The van der Waals surface area contributed by atoms with Crippen LogP contribution in [-0.2, 0) is 0 Å². The van der Waals surface area contributed by atoms with Crippen molar-refractivity contribution in [1.29, 1.82) is 0 Å². The van der Waals surface area contributed by atoms with Gasteiger partial charge in [-0.25, -0.2) is 0 Å². The van der Waals surface area contributed by atoms with Crippen molar-refractivity contribution in [3.05, 3.63) is 28.2 Å². The molecular formula is C12H17BrO. The average Bonchev–Trinajstić information content (AvgIpc) is 2.07. The predicted octanol–water partition coefficient (Wildman–Crippen LogP) is 4.36. The molecule has 14 heavy (non-hydrogen) atoms. The molecule has 0 unspecified atom stereocenters. The van der Waals surface area contributed by atoms with Gasteiger partial charge in [-0.15, -0.1) is 0 Å². The highest BCUT2D eigenvalue weighted by atomic mass is 79.9. The van der Waals surface area contributed by atoms with E-state index in [1.807, 2.05) is 19.9 Å². The van der Waals surface area contributed by atoms with Gasteiger partial charge in [0.2, 0.25) is 0 Å². The van der Waals surface area contributed by atoms with Crippen LogP contribution >= 0.6 is 15.9 Å². The van der Waals surface area contributed by atoms with Gasteiger partial charge in [0.1, 0.15) is 5.75 Å². The van der Waals surface area contributed by atoms with Gasteiger partial charge in [0.25, 0.3) is 0 Å². The average molecular weight is 257 g/mol. The summed E-state index contributed by atoms with van der Waals surface area (Å²) in [5, 5.41) is 0. The summed E-state index contributed by atoms with van der Waals surface area (Å²) < 4.78 is 6.67. The van der Waals surface area contributed by atoms with Crippen LogP contribution < -0.4 is 4.74 Å². The second-order valence-corrected chi connectivity index (χ2v) is 4.87. The van der Waals surface area contributed by atoms with Gasteiger partial charge in [-0.2, -0.15) is 0 Å². The third-order valence-electron chi connectivity index (χ3n) is 1.99. The molecule has 1 nitrogen and oxygen atoms in total. The van der Waals surface area contributed by atoms with Gasteiger partial charge >= 0.3 is 0 Å². The Morgan fingerprint density at radius 3 is 2.21 bits per heavy atom. The Hall–Kier alpha value is -0.500. The van der Waals surface area contributed by atoms with E-state index >= 15 is 0 Å². The van der Waals surface area contributed by atoms with Gasteiger partial charge in [-0.1, -0.05) is 19.9 Å². The van der Waals surface area contributed by atoms with Crippen LogP contribution in [0.5, 0.6) is 5.75 Å². The Bertz CT molecular complexity index is 305. The van der Waals surface area contributed by atoms with Crippen LogP contribution in [0.1, 0.15) is 39.2 Å². The maximum absolute atomic E-state index is 5.63. The van der Waals surface area contributed by atoms with Crippen LogP contribution in [0.4, 0.5) is 0 Å². The highest BCUT2D eigenvalue weighted by Crippen LogP contribution is 2.29. The third-order valence-corrected chi connectivity index (χ3v) is 2.60. The van der Waals surface area contributed by atoms with Gasteiger partial charge < -0.3 is 4.74 Å². The zero-order valence-corrected chi connectivity index (χ0v) is 10.8. The predicted molar refractivity (Wildman–Crippen MR) is 64.0 cm³/mol. The molecule has 0 aliphatic carbocycles. The molecule has 0 saturated heterocycles. The van der Waals surface area contributed by atoms with E-state index in [9.17, 15) is 0 Å². The minimum Gasteiger partial charge on any atom is -0.490 e. The fraction of sp³-hybridized carbons (Fsp3) is 0.500. The largest absolute Gasteiger partial charge is 0.490 e. The maximum Gasteiger partial charge on any atom is 0.133 e.